The van der Waals surface area contributed by atoms with Gasteiger partial charge in [-0.2, -0.15) is 0 Å². The Kier molecular flexibility index (Phi) is 2.01. The van der Waals surface area contributed by atoms with Crippen LogP contribution in [0.1, 0.15) is 37.7 Å². The number of imidazole rings is 1. The SMILES string of the molecule is CC(N)c1nc2cc(F)ccc2n1C1CC1. The van der Waals surface area contributed by atoms with Crippen LogP contribution in [-0.2, 0) is 0 Å². The molecule has 0 spiro atoms. The highest BCUT2D eigenvalue weighted by molar-refractivity contribution is 5.76. The van der Waals surface area contributed by atoms with Crippen LogP contribution < -0.4 is 5.73 Å². The van der Waals surface area contributed by atoms with Gasteiger partial charge in [0.2, 0.25) is 0 Å². The van der Waals surface area contributed by atoms with Gasteiger partial charge in [0.1, 0.15) is 11.6 Å². The number of benzene rings is 1. The zero-order valence-electron chi connectivity index (χ0n) is 9.15. The molecule has 0 saturated heterocycles. The fourth-order valence-electron chi connectivity index (χ4n) is 2.13. The number of halogens is 1. The Morgan fingerprint density at radius 2 is 2.25 bits per heavy atom. The van der Waals surface area contributed by atoms with Gasteiger partial charge in [0.15, 0.2) is 0 Å². The average molecular weight is 219 g/mol. The van der Waals surface area contributed by atoms with Crippen LogP contribution in [0.4, 0.5) is 4.39 Å². The summed E-state index contributed by atoms with van der Waals surface area (Å²) in [6, 6.07) is 5.14. The summed E-state index contributed by atoms with van der Waals surface area (Å²) < 4.78 is 15.3. The van der Waals surface area contributed by atoms with Crippen molar-refractivity contribution in [1.82, 2.24) is 9.55 Å². The molecule has 2 aromatic rings. The summed E-state index contributed by atoms with van der Waals surface area (Å²) in [6.07, 6.45) is 2.34. The molecule has 16 heavy (non-hydrogen) atoms. The van der Waals surface area contributed by atoms with Crippen molar-refractivity contribution < 1.29 is 4.39 Å². The zero-order chi connectivity index (χ0) is 11.3. The van der Waals surface area contributed by atoms with Gasteiger partial charge >= 0.3 is 0 Å². The minimum Gasteiger partial charge on any atom is -0.324 e. The van der Waals surface area contributed by atoms with Gasteiger partial charge in [0.25, 0.3) is 0 Å². The largest absolute Gasteiger partial charge is 0.324 e. The molecule has 84 valence electrons. The Bertz CT molecular complexity index is 540. The summed E-state index contributed by atoms with van der Waals surface area (Å²) in [4.78, 5) is 4.43. The number of rotatable bonds is 2. The quantitative estimate of drug-likeness (QED) is 0.843. The normalized spacial score (nSPS) is 17.9. The maximum absolute atomic E-state index is 13.1. The highest BCUT2D eigenvalue weighted by atomic mass is 19.1. The van der Waals surface area contributed by atoms with Crippen molar-refractivity contribution >= 4 is 11.0 Å². The summed E-state index contributed by atoms with van der Waals surface area (Å²) in [5.74, 6) is 0.618. The van der Waals surface area contributed by atoms with Crippen LogP contribution in [0.2, 0.25) is 0 Å². The second-order valence-electron chi connectivity index (χ2n) is 4.49. The molecule has 0 aliphatic heterocycles. The predicted molar refractivity (Wildman–Crippen MR) is 60.6 cm³/mol. The van der Waals surface area contributed by atoms with Crippen LogP contribution in [0.5, 0.6) is 0 Å². The fourth-order valence-corrected chi connectivity index (χ4v) is 2.13. The Morgan fingerprint density at radius 3 is 2.88 bits per heavy atom. The first-order valence-corrected chi connectivity index (χ1v) is 5.60. The number of nitrogens with zero attached hydrogens (tertiary/aromatic N) is 2. The maximum Gasteiger partial charge on any atom is 0.126 e. The van der Waals surface area contributed by atoms with Crippen LogP contribution in [0.25, 0.3) is 11.0 Å². The van der Waals surface area contributed by atoms with Crippen molar-refractivity contribution in [2.24, 2.45) is 5.73 Å². The standard InChI is InChI=1S/C12H14FN3/c1-7(14)12-15-10-6-8(13)2-5-11(10)16(12)9-3-4-9/h2,5-7,9H,3-4,14H2,1H3. The van der Waals surface area contributed by atoms with Gasteiger partial charge in [0.05, 0.1) is 17.1 Å². The smallest absolute Gasteiger partial charge is 0.126 e. The van der Waals surface area contributed by atoms with Crippen LogP contribution >= 0.6 is 0 Å². The van der Waals surface area contributed by atoms with Crippen molar-refractivity contribution in [3.8, 4) is 0 Å². The monoisotopic (exact) mass is 219 g/mol. The van der Waals surface area contributed by atoms with Crippen LogP contribution in [-0.4, -0.2) is 9.55 Å². The van der Waals surface area contributed by atoms with E-state index in [1.54, 1.807) is 6.07 Å². The minimum atomic E-state index is -0.246. The molecule has 3 rings (SSSR count). The van der Waals surface area contributed by atoms with E-state index < -0.39 is 0 Å². The van der Waals surface area contributed by atoms with Crippen molar-refractivity contribution in [1.29, 1.82) is 0 Å². The van der Waals surface area contributed by atoms with E-state index in [-0.39, 0.29) is 11.9 Å². The minimum absolute atomic E-state index is 0.115. The van der Waals surface area contributed by atoms with Gasteiger partial charge in [-0.3, -0.25) is 0 Å². The summed E-state index contributed by atoms with van der Waals surface area (Å²) >= 11 is 0. The van der Waals surface area contributed by atoms with E-state index in [0.717, 1.165) is 11.3 Å². The van der Waals surface area contributed by atoms with E-state index in [1.807, 2.05) is 6.92 Å². The Morgan fingerprint density at radius 1 is 1.50 bits per heavy atom. The molecule has 1 atom stereocenters. The lowest BCUT2D eigenvalue weighted by molar-refractivity contribution is 0.629. The molecule has 1 aromatic heterocycles. The van der Waals surface area contributed by atoms with Crippen LogP contribution in [0.3, 0.4) is 0 Å². The highest BCUT2D eigenvalue weighted by Gasteiger charge is 2.29. The Labute approximate surface area is 93.1 Å². The molecular weight excluding hydrogens is 205 g/mol. The molecule has 3 nitrogen and oxygen atoms in total. The third-order valence-electron chi connectivity index (χ3n) is 3.00. The zero-order valence-corrected chi connectivity index (χ0v) is 9.15. The summed E-state index contributed by atoms with van der Waals surface area (Å²) in [5.41, 5.74) is 7.61. The van der Waals surface area contributed by atoms with E-state index in [4.69, 9.17) is 5.73 Å². The molecule has 1 saturated carbocycles. The topological polar surface area (TPSA) is 43.8 Å². The second kappa shape index (κ2) is 3.28. The van der Waals surface area contributed by atoms with Gasteiger partial charge in [-0.15, -0.1) is 0 Å². The summed E-state index contributed by atoms with van der Waals surface area (Å²) in [6.45, 7) is 1.91. The van der Waals surface area contributed by atoms with Crippen molar-refractivity contribution in [2.45, 2.75) is 31.8 Å². The molecule has 1 aliphatic rings. The third kappa shape index (κ3) is 1.41. The van der Waals surface area contributed by atoms with Crippen LogP contribution in [0, 0.1) is 5.82 Å². The summed E-state index contributed by atoms with van der Waals surface area (Å²) in [7, 11) is 0. The molecule has 1 unspecified atom stereocenters. The van der Waals surface area contributed by atoms with Crippen LogP contribution in [0.15, 0.2) is 18.2 Å². The predicted octanol–water partition coefficient (Wildman–Crippen LogP) is 2.53. The van der Waals surface area contributed by atoms with E-state index in [2.05, 4.69) is 9.55 Å². The maximum atomic E-state index is 13.1. The first-order chi connectivity index (χ1) is 7.66. The molecule has 1 aliphatic carbocycles. The van der Waals surface area contributed by atoms with E-state index in [9.17, 15) is 4.39 Å². The molecule has 0 bridgehead atoms. The lowest BCUT2D eigenvalue weighted by atomic mass is 10.3. The van der Waals surface area contributed by atoms with Crippen molar-refractivity contribution in [2.75, 3.05) is 0 Å². The van der Waals surface area contributed by atoms with E-state index in [0.29, 0.717) is 11.6 Å². The number of aromatic nitrogens is 2. The molecule has 2 N–H and O–H groups in total. The first kappa shape index (κ1) is 9.78. The Hall–Kier alpha value is -1.42. The number of hydrogen-bond acceptors (Lipinski definition) is 2. The van der Waals surface area contributed by atoms with Gasteiger partial charge in [-0.1, -0.05) is 0 Å². The molecule has 1 fully saturated rings. The van der Waals surface area contributed by atoms with Gasteiger partial charge in [-0.25, -0.2) is 9.37 Å². The van der Waals surface area contributed by atoms with E-state index >= 15 is 0 Å². The molecule has 0 radical (unpaired) electrons. The first-order valence-electron chi connectivity index (χ1n) is 5.60. The van der Waals surface area contributed by atoms with Gasteiger partial charge in [-0.05, 0) is 31.9 Å². The molecule has 4 heteroatoms. The lowest BCUT2D eigenvalue weighted by Crippen LogP contribution is -2.12. The highest BCUT2D eigenvalue weighted by Crippen LogP contribution is 2.39. The third-order valence-corrected chi connectivity index (χ3v) is 3.00. The molecular formula is C12H14FN3. The molecule has 0 amide bonds. The number of hydrogen-bond donors (Lipinski definition) is 1. The summed E-state index contributed by atoms with van der Waals surface area (Å²) in [5, 5.41) is 0. The fraction of sp³-hybridized carbons (Fsp3) is 0.417. The van der Waals surface area contributed by atoms with E-state index in [1.165, 1.54) is 25.0 Å². The lowest BCUT2D eigenvalue weighted by Gasteiger charge is -2.09. The average Bonchev–Trinajstić information content (AvgIpc) is 2.99. The van der Waals surface area contributed by atoms with Gasteiger partial charge < -0.3 is 10.3 Å². The molecule has 1 heterocycles. The van der Waals surface area contributed by atoms with Crippen molar-refractivity contribution in [3.05, 3.63) is 29.8 Å². The Balaban J connectivity index is 2.28. The number of nitrogens with two attached hydrogens (primary N) is 1. The van der Waals surface area contributed by atoms with Gasteiger partial charge in [0, 0.05) is 12.1 Å². The second-order valence-corrected chi connectivity index (χ2v) is 4.49. The van der Waals surface area contributed by atoms with Crippen molar-refractivity contribution in [3.63, 3.8) is 0 Å². The molecule has 1 aromatic carbocycles. The number of fused-ring (bicyclic) bond motifs is 1.